The molecule has 0 saturated heterocycles. The van der Waals surface area contributed by atoms with Crippen molar-refractivity contribution >= 4 is 17.7 Å². The first-order valence-corrected chi connectivity index (χ1v) is 6.62. The zero-order chi connectivity index (χ0) is 17.5. The zero-order valence-corrected chi connectivity index (χ0v) is 12.2. The van der Waals surface area contributed by atoms with Crippen LogP contribution in [0.5, 0.6) is 0 Å². The first kappa shape index (κ1) is 18.5. The summed E-state index contributed by atoms with van der Waals surface area (Å²) < 4.78 is 39.1. The topological polar surface area (TPSA) is 87.3 Å². The summed E-state index contributed by atoms with van der Waals surface area (Å²) in [6.45, 7) is 0.218. The minimum atomic E-state index is -4.67. The molecule has 0 bridgehead atoms. The van der Waals surface area contributed by atoms with Crippen LogP contribution in [0.4, 0.5) is 13.2 Å². The van der Waals surface area contributed by atoms with Crippen LogP contribution in [-0.2, 0) is 14.4 Å². The monoisotopic (exact) mass is 331 g/mol. The van der Waals surface area contributed by atoms with Gasteiger partial charge >= 0.3 is 6.18 Å². The first-order valence-electron chi connectivity index (χ1n) is 6.62. The van der Waals surface area contributed by atoms with Crippen LogP contribution < -0.4 is 16.0 Å². The number of carbonyl (C=O) groups is 3. The summed E-state index contributed by atoms with van der Waals surface area (Å²) in [5.41, 5.74) is -0.113. The van der Waals surface area contributed by atoms with E-state index in [-0.39, 0.29) is 12.1 Å². The fourth-order valence-electron chi connectivity index (χ4n) is 1.66. The molecule has 1 aromatic carbocycles. The van der Waals surface area contributed by atoms with Gasteiger partial charge in [0, 0.05) is 6.92 Å². The van der Waals surface area contributed by atoms with Gasteiger partial charge in [0.05, 0.1) is 13.1 Å². The predicted molar refractivity (Wildman–Crippen MR) is 75.1 cm³/mol. The molecule has 9 heteroatoms. The Balaban J connectivity index is 2.58. The van der Waals surface area contributed by atoms with Crippen LogP contribution in [0.25, 0.3) is 0 Å². The largest absolute Gasteiger partial charge is 0.412 e. The van der Waals surface area contributed by atoms with E-state index in [1.165, 1.54) is 31.2 Å². The molecule has 0 radical (unpaired) electrons. The number of hydrogen-bond donors (Lipinski definition) is 3. The van der Waals surface area contributed by atoms with E-state index in [1.807, 2.05) is 5.32 Å². The minimum Gasteiger partial charge on any atom is -0.347 e. The van der Waals surface area contributed by atoms with Gasteiger partial charge in [-0.2, -0.15) is 13.2 Å². The number of benzene rings is 1. The summed E-state index contributed by atoms with van der Waals surface area (Å²) in [5, 5.41) is 6.14. The van der Waals surface area contributed by atoms with Crippen molar-refractivity contribution in [2.45, 2.75) is 19.1 Å². The quantitative estimate of drug-likeness (QED) is 0.716. The van der Waals surface area contributed by atoms with Gasteiger partial charge < -0.3 is 16.0 Å². The van der Waals surface area contributed by atoms with Gasteiger partial charge in [-0.25, -0.2) is 0 Å². The van der Waals surface area contributed by atoms with Crippen molar-refractivity contribution < 1.29 is 27.6 Å². The second-order valence-electron chi connectivity index (χ2n) is 4.64. The third-order valence-corrected chi connectivity index (χ3v) is 2.71. The third kappa shape index (κ3) is 6.81. The van der Waals surface area contributed by atoms with Crippen molar-refractivity contribution in [3.8, 4) is 0 Å². The van der Waals surface area contributed by atoms with Gasteiger partial charge in [-0.3, -0.25) is 14.4 Å². The van der Waals surface area contributed by atoms with Crippen LogP contribution in [0, 0.1) is 0 Å². The fourth-order valence-corrected chi connectivity index (χ4v) is 1.66. The lowest BCUT2D eigenvalue weighted by molar-refractivity contribution is -0.163. The maximum absolute atomic E-state index is 13.0. The molecule has 3 amide bonds. The predicted octanol–water partition coefficient (Wildman–Crippen LogP) is 0.659. The minimum absolute atomic E-state index is 0.113. The van der Waals surface area contributed by atoms with E-state index < -0.39 is 36.5 Å². The molecule has 0 aromatic heterocycles. The van der Waals surface area contributed by atoms with E-state index in [0.29, 0.717) is 0 Å². The summed E-state index contributed by atoms with van der Waals surface area (Å²) >= 11 is 0. The Labute approximate surface area is 130 Å². The molecule has 6 nitrogen and oxygen atoms in total. The van der Waals surface area contributed by atoms with Gasteiger partial charge in [0.15, 0.2) is 6.04 Å². The average Bonchev–Trinajstić information content (AvgIpc) is 2.48. The lowest BCUT2D eigenvalue weighted by Gasteiger charge is -2.22. The highest BCUT2D eigenvalue weighted by Crippen LogP contribution is 2.32. The molecular weight excluding hydrogens is 315 g/mol. The van der Waals surface area contributed by atoms with Crippen molar-refractivity contribution in [1.82, 2.24) is 16.0 Å². The van der Waals surface area contributed by atoms with E-state index in [2.05, 4.69) is 10.6 Å². The van der Waals surface area contributed by atoms with Crippen LogP contribution in [0.2, 0.25) is 0 Å². The van der Waals surface area contributed by atoms with Crippen LogP contribution >= 0.6 is 0 Å². The van der Waals surface area contributed by atoms with E-state index in [4.69, 9.17) is 0 Å². The molecule has 0 aliphatic heterocycles. The lowest BCUT2D eigenvalue weighted by atomic mass is 10.1. The Morgan fingerprint density at radius 1 is 1.00 bits per heavy atom. The van der Waals surface area contributed by atoms with Crippen molar-refractivity contribution in [2.75, 3.05) is 13.1 Å². The molecule has 1 rings (SSSR count). The van der Waals surface area contributed by atoms with Gasteiger partial charge in [0.1, 0.15) is 0 Å². The van der Waals surface area contributed by atoms with E-state index in [9.17, 15) is 27.6 Å². The fraction of sp³-hybridized carbons (Fsp3) is 0.357. The van der Waals surface area contributed by atoms with Gasteiger partial charge in [-0.1, -0.05) is 30.3 Å². The number of rotatable bonds is 6. The number of amides is 3. The molecule has 3 N–H and O–H groups in total. The molecule has 0 spiro atoms. The molecular formula is C14H16F3N3O3. The average molecular weight is 331 g/mol. The van der Waals surface area contributed by atoms with Crippen LogP contribution in [0.3, 0.4) is 0 Å². The van der Waals surface area contributed by atoms with Crippen LogP contribution in [-0.4, -0.2) is 37.0 Å². The molecule has 1 atom stereocenters. The lowest BCUT2D eigenvalue weighted by Crippen LogP contribution is -2.45. The van der Waals surface area contributed by atoms with Gasteiger partial charge in [0.2, 0.25) is 17.7 Å². The van der Waals surface area contributed by atoms with Crippen molar-refractivity contribution in [3.05, 3.63) is 35.9 Å². The van der Waals surface area contributed by atoms with Crippen LogP contribution in [0.1, 0.15) is 18.5 Å². The number of alkyl halides is 3. The van der Waals surface area contributed by atoms with Crippen molar-refractivity contribution in [2.24, 2.45) is 0 Å². The Hall–Kier alpha value is -2.58. The normalized spacial score (nSPS) is 12.2. The summed E-state index contributed by atoms with van der Waals surface area (Å²) in [6, 6.07) is 4.73. The maximum atomic E-state index is 13.0. The summed E-state index contributed by atoms with van der Waals surface area (Å²) in [4.78, 5) is 33.5. The van der Waals surface area contributed by atoms with Crippen LogP contribution in [0.15, 0.2) is 30.3 Å². The highest BCUT2D eigenvalue weighted by atomic mass is 19.4. The highest BCUT2D eigenvalue weighted by Gasteiger charge is 2.41. The Morgan fingerprint density at radius 2 is 1.57 bits per heavy atom. The first-order chi connectivity index (χ1) is 10.7. The Morgan fingerprint density at radius 3 is 2.09 bits per heavy atom. The number of hydrogen-bond acceptors (Lipinski definition) is 3. The van der Waals surface area contributed by atoms with Crippen molar-refractivity contribution in [3.63, 3.8) is 0 Å². The molecule has 0 fully saturated rings. The molecule has 0 aliphatic rings. The van der Waals surface area contributed by atoms with E-state index in [0.717, 1.165) is 0 Å². The molecule has 0 heterocycles. The molecule has 126 valence electrons. The maximum Gasteiger partial charge on any atom is 0.412 e. The molecule has 0 unspecified atom stereocenters. The van der Waals surface area contributed by atoms with Gasteiger partial charge in [-0.15, -0.1) is 0 Å². The molecule has 0 aliphatic carbocycles. The Kier molecular flexibility index (Phi) is 6.55. The van der Waals surface area contributed by atoms with E-state index in [1.54, 1.807) is 6.07 Å². The highest BCUT2D eigenvalue weighted by molar-refractivity contribution is 5.87. The Bertz CT molecular complexity index is 561. The summed E-state index contributed by atoms with van der Waals surface area (Å²) in [7, 11) is 0. The third-order valence-electron chi connectivity index (χ3n) is 2.71. The van der Waals surface area contributed by atoms with Crippen molar-refractivity contribution in [1.29, 1.82) is 0 Å². The molecule has 23 heavy (non-hydrogen) atoms. The van der Waals surface area contributed by atoms with Gasteiger partial charge in [0.25, 0.3) is 0 Å². The summed E-state index contributed by atoms with van der Waals surface area (Å²) in [6.07, 6.45) is -4.67. The number of nitrogens with one attached hydrogen (secondary N) is 3. The standard InChI is InChI=1S/C14H16F3N3O3/c1-9(21)18-7-11(22)19-8-12(23)20-13(14(15,16)17)10-5-3-2-4-6-10/h2-6,13H,7-8H2,1H3,(H,18,21)(H,19,22)(H,20,23)/t13-/m0/s1. The van der Waals surface area contributed by atoms with E-state index >= 15 is 0 Å². The second kappa shape index (κ2) is 8.16. The zero-order valence-electron chi connectivity index (χ0n) is 12.2. The molecule has 1 aromatic rings. The smallest absolute Gasteiger partial charge is 0.347 e. The number of carbonyl (C=O) groups excluding carboxylic acids is 3. The second-order valence-corrected chi connectivity index (χ2v) is 4.64. The number of halogens is 3. The summed E-state index contributed by atoms with van der Waals surface area (Å²) in [5.74, 6) is -2.11. The van der Waals surface area contributed by atoms with Gasteiger partial charge in [-0.05, 0) is 5.56 Å². The molecule has 0 saturated carbocycles. The SMILES string of the molecule is CC(=O)NCC(=O)NCC(=O)N[C@@H](c1ccccc1)C(F)(F)F.